The number of benzene rings is 1. The number of H-pyrrole nitrogens is 1. The van der Waals surface area contributed by atoms with Crippen molar-refractivity contribution in [1.29, 1.82) is 0 Å². The largest absolute Gasteiger partial charge is 0.337 e. The Labute approximate surface area is 91.2 Å². The number of hydrogen-bond acceptors (Lipinski definition) is 3. The van der Waals surface area contributed by atoms with Crippen molar-refractivity contribution in [3.05, 3.63) is 57.7 Å². The van der Waals surface area contributed by atoms with Gasteiger partial charge in [0.15, 0.2) is 4.77 Å². The summed E-state index contributed by atoms with van der Waals surface area (Å²) in [4.78, 5) is 14.2. The van der Waals surface area contributed by atoms with Crippen molar-refractivity contribution >= 4 is 17.9 Å². The molecule has 0 unspecified atom stereocenters. The molecule has 76 valence electrons. The van der Waals surface area contributed by atoms with Gasteiger partial charge in [0.25, 0.3) is 5.56 Å². The Balaban J connectivity index is 2.41. The summed E-state index contributed by atoms with van der Waals surface area (Å²) in [5, 5.41) is 0. The van der Waals surface area contributed by atoms with Gasteiger partial charge in [-0.15, -0.1) is 0 Å². The Hall–Kier alpha value is -1.88. The number of hydrogen-bond donors (Lipinski definition) is 2. The lowest BCUT2D eigenvalue weighted by atomic mass is 10.3. The van der Waals surface area contributed by atoms with E-state index < -0.39 is 0 Å². The molecule has 5 heteroatoms. The smallest absolute Gasteiger partial charge is 0.273 e. The highest BCUT2D eigenvalue weighted by Gasteiger charge is 1.96. The molecule has 0 spiro atoms. The van der Waals surface area contributed by atoms with Crippen LogP contribution in [-0.2, 0) is 0 Å². The van der Waals surface area contributed by atoms with Crippen LogP contribution in [0, 0.1) is 4.77 Å². The second-order valence-electron chi connectivity index (χ2n) is 2.93. The molecule has 0 radical (unpaired) electrons. The van der Waals surface area contributed by atoms with Crippen molar-refractivity contribution in [1.82, 2.24) is 9.66 Å². The van der Waals surface area contributed by atoms with E-state index in [0.29, 0.717) is 4.77 Å². The lowest BCUT2D eigenvalue weighted by Gasteiger charge is -2.07. The highest BCUT2D eigenvalue weighted by Crippen LogP contribution is 2.04. The Kier molecular flexibility index (Phi) is 2.64. The first-order valence-electron chi connectivity index (χ1n) is 4.40. The summed E-state index contributed by atoms with van der Waals surface area (Å²) in [6, 6.07) is 10.8. The normalized spacial score (nSPS) is 9.87. The zero-order valence-corrected chi connectivity index (χ0v) is 8.62. The molecule has 4 nitrogen and oxygen atoms in total. The highest BCUT2D eigenvalue weighted by molar-refractivity contribution is 7.71. The molecule has 0 bridgehead atoms. The van der Waals surface area contributed by atoms with Crippen LogP contribution in [0.2, 0.25) is 0 Å². The standard InChI is InChI=1S/C10H9N3OS/c14-9-6-7-11-10(15)13(9)12-8-4-2-1-3-5-8/h1-7,12H,(H,11,15). The zero-order chi connectivity index (χ0) is 10.7. The van der Waals surface area contributed by atoms with Crippen LogP contribution in [0.1, 0.15) is 0 Å². The van der Waals surface area contributed by atoms with Crippen molar-refractivity contribution < 1.29 is 0 Å². The average molecular weight is 219 g/mol. The number of para-hydroxylation sites is 1. The van der Waals surface area contributed by atoms with Crippen molar-refractivity contribution in [3.63, 3.8) is 0 Å². The van der Waals surface area contributed by atoms with E-state index in [1.807, 2.05) is 30.3 Å². The van der Waals surface area contributed by atoms with Crippen LogP contribution < -0.4 is 11.0 Å². The summed E-state index contributed by atoms with van der Waals surface area (Å²) in [5.41, 5.74) is 3.53. The summed E-state index contributed by atoms with van der Waals surface area (Å²) in [5.74, 6) is 0. The number of rotatable bonds is 2. The quantitative estimate of drug-likeness (QED) is 0.757. The molecule has 0 aliphatic heterocycles. The molecule has 0 saturated carbocycles. The van der Waals surface area contributed by atoms with E-state index in [4.69, 9.17) is 12.2 Å². The van der Waals surface area contributed by atoms with Crippen molar-refractivity contribution in [3.8, 4) is 0 Å². The second kappa shape index (κ2) is 4.10. The van der Waals surface area contributed by atoms with Crippen LogP contribution in [0.5, 0.6) is 0 Å². The number of nitrogens with zero attached hydrogens (tertiary/aromatic N) is 1. The molecule has 0 saturated heterocycles. The van der Waals surface area contributed by atoms with Crippen molar-refractivity contribution in [2.75, 3.05) is 5.43 Å². The van der Waals surface area contributed by atoms with Gasteiger partial charge in [0, 0.05) is 12.3 Å². The minimum Gasteiger partial charge on any atom is -0.337 e. The van der Waals surface area contributed by atoms with Gasteiger partial charge >= 0.3 is 0 Å². The molecule has 1 aromatic heterocycles. The fourth-order valence-electron chi connectivity index (χ4n) is 1.17. The Morgan fingerprint density at radius 2 is 1.93 bits per heavy atom. The summed E-state index contributed by atoms with van der Waals surface area (Å²) in [6.45, 7) is 0. The predicted molar refractivity (Wildman–Crippen MR) is 61.3 cm³/mol. The molecule has 0 atom stereocenters. The molecule has 2 N–H and O–H groups in total. The third-order valence-electron chi connectivity index (χ3n) is 1.87. The molecular formula is C10H9N3OS. The van der Waals surface area contributed by atoms with E-state index in [2.05, 4.69) is 10.4 Å². The van der Waals surface area contributed by atoms with E-state index in [9.17, 15) is 4.79 Å². The number of aromatic amines is 1. The van der Waals surface area contributed by atoms with Gasteiger partial charge in [-0.1, -0.05) is 18.2 Å². The van der Waals surface area contributed by atoms with Crippen molar-refractivity contribution in [2.45, 2.75) is 0 Å². The highest BCUT2D eigenvalue weighted by atomic mass is 32.1. The molecule has 0 aliphatic carbocycles. The summed E-state index contributed by atoms with van der Waals surface area (Å²) >= 11 is 4.98. The van der Waals surface area contributed by atoms with Crippen LogP contribution in [0.3, 0.4) is 0 Å². The maximum absolute atomic E-state index is 11.5. The van der Waals surface area contributed by atoms with Crippen LogP contribution in [0.25, 0.3) is 0 Å². The number of nitrogens with one attached hydrogen (secondary N) is 2. The molecule has 2 aromatic rings. The second-order valence-corrected chi connectivity index (χ2v) is 3.32. The predicted octanol–water partition coefficient (Wildman–Crippen LogP) is 1.78. The van der Waals surface area contributed by atoms with Gasteiger partial charge < -0.3 is 4.98 Å². The molecule has 1 heterocycles. The Morgan fingerprint density at radius 1 is 1.20 bits per heavy atom. The third kappa shape index (κ3) is 2.13. The van der Waals surface area contributed by atoms with Crippen LogP contribution in [0.15, 0.2) is 47.4 Å². The minimum absolute atomic E-state index is 0.192. The van der Waals surface area contributed by atoms with E-state index in [-0.39, 0.29) is 5.56 Å². The minimum atomic E-state index is -0.192. The van der Waals surface area contributed by atoms with Crippen molar-refractivity contribution in [2.24, 2.45) is 0 Å². The lowest BCUT2D eigenvalue weighted by molar-refractivity contribution is 0.840. The molecular weight excluding hydrogens is 210 g/mol. The van der Waals surface area contributed by atoms with Crippen LogP contribution >= 0.6 is 12.2 Å². The van der Waals surface area contributed by atoms with Crippen LogP contribution in [-0.4, -0.2) is 9.66 Å². The average Bonchev–Trinajstić information content (AvgIpc) is 2.25. The maximum atomic E-state index is 11.5. The summed E-state index contributed by atoms with van der Waals surface area (Å²) in [6.07, 6.45) is 1.52. The zero-order valence-electron chi connectivity index (χ0n) is 7.81. The van der Waals surface area contributed by atoms with Gasteiger partial charge in [0.2, 0.25) is 0 Å². The van der Waals surface area contributed by atoms with Gasteiger partial charge in [-0.25, -0.2) is 0 Å². The molecule has 2 rings (SSSR count). The van der Waals surface area contributed by atoms with Gasteiger partial charge in [-0.05, 0) is 24.4 Å². The van der Waals surface area contributed by atoms with Gasteiger partial charge in [0.05, 0.1) is 5.69 Å². The Bertz CT molecular complexity index is 530. The topological polar surface area (TPSA) is 49.8 Å². The van der Waals surface area contributed by atoms with Gasteiger partial charge in [-0.2, -0.15) is 4.68 Å². The number of anilines is 1. The third-order valence-corrected chi connectivity index (χ3v) is 2.17. The maximum Gasteiger partial charge on any atom is 0.273 e. The van der Waals surface area contributed by atoms with E-state index in [1.165, 1.54) is 16.9 Å². The molecule has 0 amide bonds. The van der Waals surface area contributed by atoms with E-state index >= 15 is 0 Å². The molecule has 0 fully saturated rings. The fraction of sp³-hybridized carbons (Fsp3) is 0. The van der Waals surface area contributed by atoms with E-state index in [0.717, 1.165) is 5.69 Å². The first kappa shape index (κ1) is 9.67. The first-order valence-corrected chi connectivity index (χ1v) is 4.81. The molecule has 1 aromatic carbocycles. The van der Waals surface area contributed by atoms with Gasteiger partial charge in [-0.3, -0.25) is 10.2 Å². The monoisotopic (exact) mass is 219 g/mol. The summed E-state index contributed by atoms with van der Waals surface area (Å²) in [7, 11) is 0. The van der Waals surface area contributed by atoms with Crippen LogP contribution in [0.4, 0.5) is 5.69 Å². The lowest BCUT2D eigenvalue weighted by Crippen LogP contribution is -2.26. The molecule has 0 aliphatic rings. The first-order chi connectivity index (χ1) is 7.27. The SMILES string of the molecule is O=c1cc[nH]c(=S)n1Nc1ccccc1. The van der Waals surface area contributed by atoms with Gasteiger partial charge in [0.1, 0.15) is 0 Å². The van der Waals surface area contributed by atoms with E-state index in [1.54, 1.807) is 0 Å². The molecule has 15 heavy (non-hydrogen) atoms. The fourth-order valence-corrected chi connectivity index (χ4v) is 1.37. The number of aromatic nitrogens is 2. The Morgan fingerprint density at radius 3 is 2.60 bits per heavy atom. The summed E-state index contributed by atoms with van der Waals surface area (Å²) < 4.78 is 1.62.